The number of benzene rings is 2. The summed E-state index contributed by atoms with van der Waals surface area (Å²) in [5, 5.41) is 0. The number of sulfonamides is 1. The van der Waals surface area contributed by atoms with Crippen molar-refractivity contribution in [3.05, 3.63) is 53.8 Å². The number of halogens is 1. The fraction of sp³-hybridized carbons (Fsp3) is 0.333. The summed E-state index contributed by atoms with van der Waals surface area (Å²) in [7, 11) is -0.842. The first-order valence-electron chi connectivity index (χ1n) is 7.97. The van der Waals surface area contributed by atoms with Crippen molar-refractivity contribution in [1.29, 1.82) is 0 Å². The largest absolute Gasteiger partial charge is 0.493 e. The van der Waals surface area contributed by atoms with Gasteiger partial charge < -0.3 is 9.47 Å². The molecule has 5 nitrogen and oxygen atoms in total. The molecule has 134 valence electrons. The lowest BCUT2D eigenvalue weighted by atomic mass is 10.1. The molecule has 0 N–H and O–H groups in total. The van der Waals surface area contributed by atoms with Gasteiger partial charge in [-0.3, -0.25) is 0 Å². The van der Waals surface area contributed by atoms with E-state index in [4.69, 9.17) is 9.47 Å². The van der Waals surface area contributed by atoms with E-state index in [1.807, 2.05) is 0 Å². The van der Waals surface area contributed by atoms with E-state index in [9.17, 15) is 12.8 Å². The monoisotopic (exact) mass is 365 g/mol. The Morgan fingerprint density at radius 3 is 2.48 bits per heavy atom. The third kappa shape index (κ3) is 3.21. The zero-order chi connectivity index (χ0) is 18.0. The van der Waals surface area contributed by atoms with E-state index in [0.29, 0.717) is 36.4 Å². The summed E-state index contributed by atoms with van der Waals surface area (Å²) in [5.74, 6) is 0.403. The van der Waals surface area contributed by atoms with Crippen molar-refractivity contribution in [3.63, 3.8) is 0 Å². The zero-order valence-corrected chi connectivity index (χ0v) is 14.9. The highest BCUT2D eigenvalue weighted by Crippen LogP contribution is 2.39. The number of hydrogen-bond acceptors (Lipinski definition) is 4. The average Bonchev–Trinajstić information content (AvgIpc) is 3.11. The molecule has 1 saturated heterocycles. The molecule has 2 aromatic rings. The predicted octanol–water partition coefficient (Wildman–Crippen LogP) is 3.37. The van der Waals surface area contributed by atoms with Gasteiger partial charge in [-0.1, -0.05) is 18.2 Å². The molecule has 2 aromatic carbocycles. The Kier molecular flexibility index (Phi) is 4.96. The Hall–Kier alpha value is -2.12. The van der Waals surface area contributed by atoms with Crippen molar-refractivity contribution in [2.75, 3.05) is 20.8 Å². The normalized spacial score (nSPS) is 18.3. The SMILES string of the molecule is COc1ccc(S(=O)(=O)N2CCC[C@H]2c2ccccc2F)cc1OC. The van der Waals surface area contributed by atoms with Gasteiger partial charge in [-0.25, -0.2) is 12.8 Å². The molecular weight excluding hydrogens is 345 g/mol. The van der Waals surface area contributed by atoms with Gasteiger partial charge in [0, 0.05) is 18.2 Å². The summed E-state index contributed by atoms with van der Waals surface area (Å²) in [6.07, 6.45) is 1.28. The second-order valence-corrected chi connectivity index (χ2v) is 7.70. The van der Waals surface area contributed by atoms with Crippen molar-refractivity contribution in [2.24, 2.45) is 0 Å². The summed E-state index contributed by atoms with van der Waals surface area (Å²) in [5.41, 5.74) is 0.407. The minimum absolute atomic E-state index is 0.105. The molecule has 0 unspecified atom stereocenters. The first-order valence-corrected chi connectivity index (χ1v) is 9.41. The molecule has 3 rings (SSSR count). The summed E-state index contributed by atoms with van der Waals surface area (Å²) in [6, 6.07) is 10.3. The molecule has 1 aliphatic heterocycles. The van der Waals surface area contributed by atoms with E-state index in [1.54, 1.807) is 24.3 Å². The summed E-state index contributed by atoms with van der Waals surface area (Å²) >= 11 is 0. The van der Waals surface area contributed by atoms with Crippen LogP contribution in [0.4, 0.5) is 4.39 Å². The molecule has 1 atom stereocenters. The maximum absolute atomic E-state index is 14.2. The van der Waals surface area contributed by atoms with Crippen LogP contribution in [0.2, 0.25) is 0 Å². The number of nitrogens with zero attached hydrogens (tertiary/aromatic N) is 1. The molecule has 0 radical (unpaired) electrons. The van der Waals surface area contributed by atoms with Crippen molar-refractivity contribution in [3.8, 4) is 11.5 Å². The molecule has 0 amide bonds. The fourth-order valence-corrected chi connectivity index (χ4v) is 4.89. The van der Waals surface area contributed by atoms with Crippen LogP contribution >= 0.6 is 0 Å². The van der Waals surface area contributed by atoms with Crippen LogP contribution in [-0.4, -0.2) is 33.5 Å². The molecule has 0 saturated carbocycles. The summed E-state index contributed by atoms with van der Waals surface area (Å²) in [4.78, 5) is 0.105. The molecule has 0 aliphatic carbocycles. The van der Waals surface area contributed by atoms with E-state index < -0.39 is 16.1 Å². The molecule has 0 aromatic heterocycles. The van der Waals surface area contributed by atoms with Crippen LogP contribution in [0.3, 0.4) is 0 Å². The molecule has 1 fully saturated rings. The summed E-state index contributed by atoms with van der Waals surface area (Å²) < 4.78 is 52.1. The maximum Gasteiger partial charge on any atom is 0.243 e. The maximum atomic E-state index is 14.2. The second-order valence-electron chi connectivity index (χ2n) is 5.81. The quantitative estimate of drug-likeness (QED) is 0.815. The Morgan fingerprint density at radius 1 is 1.08 bits per heavy atom. The van der Waals surface area contributed by atoms with Crippen LogP contribution in [0.15, 0.2) is 47.4 Å². The van der Waals surface area contributed by atoms with Gasteiger partial charge in [-0.15, -0.1) is 0 Å². The van der Waals surface area contributed by atoms with Gasteiger partial charge in [0.1, 0.15) is 5.82 Å². The molecule has 7 heteroatoms. The lowest BCUT2D eigenvalue weighted by molar-refractivity contribution is 0.353. The van der Waals surface area contributed by atoms with E-state index >= 15 is 0 Å². The Balaban J connectivity index is 2.00. The van der Waals surface area contributed by atoms with Gasteiger partial charge in [-0.2, -0.15) is 4.31 Å². The molecule has 1 heterocycles. The first-order chi connectivity index (χ1) is 12.0. The fourth-order valence-electron chi connectivity index (χ4n) is 3.20. The molecular formula is C18H20FNO4S. The molecule has 1 aliphatic rings. The van der Waals surface area contributed by atoms with E-state index in [0.717, 1.165) is 0 Å². The number of rotatable bonds is 5. The number of methoxy groups -OCH3 is 2. The number of hydrogen-bond donors (Lipinski definition) is 0. The topological polar surface area (TPSA) is 55.8 Å². The van der Waals surface area contributed by atoms with E-state index in [-0.39, 0.29) is 10.7 Å². The van der Waals surface area contributed by atoms with Crippen LogP contribution in [-0.2, 0) is 10.0 Å². The Bertz CT molecular complexity index is 869. The number of ether oxygens (including phenoxy) is 2. The van der Waals surface area contributed by atoms with Crippen LogP contribution in [0.1, 0.15) is 24.4 Å². The van der Waals surface area contributed by atoms with Gasteiger partial charge in [0.25, 0.3) is 0 Å². The lowest BCUT2D eigenvalue weighted by Gasteiger charge is -2.25. The smallest absolute Gasteiger partial charge is 0.243 e. The highest BCUT2D eigenvalue weighted by Gasteiger charge is 2.37. The third-order valence-corrected chi connectivity index (χ3v) is 6.33. The lowest BCUT2D eigenvalue weighted by Crippen LogP contribution is -2.31. The highest BCUT2D eigenvalue weighted by atomic mass is 32.2. The Labute approximate surface area is 147 Å². The van der Waals surface area contributed by atoms with Crippen LogP contribution in [0.25, 0.3) is 0 Å². The predicted molar refractivity (Wildman–Crippen MR) is 91.8 cm³/mol. The van der Waals surface area contributed by atoms with Crippen molar-refractivity contribution in [2.45, 2.75) is 23.8 Å². The summed E-state index contributed by atoms with van der Waals surface area (Å²) in [6.45, 7) is 0.357. The van der Waals surface area contributed by atoms with Gasteiger partial charge in [0.15, 0.2) is 11.5 Å². The second kappa shape index (κ2) is 7.01. The van der Waals surface area contributed by atoms with Crippen molar-refractivity contribution >= 4 is 10.0 Å². The minimum atomic E-state index is -3.78. The zero-order valence-electron chi connectivity index (χ0n) is 14.1. The minimum Gasteiger partial charge on any atom is -0.493 e. The molecule has 0 bridgehead atoms. The Morgan fingerprint density at radius 2 is 1.80 bits per heavy atom. The van der Waals surface area contributed by atoms with E-state index in [1.165, 1.54) is 36.7 Å². The van der Waals surface area contributed by atoms with Crippen molar-refractivity contribution in [1.82, 2.24) is 4.31 Å². The average molecular weight is 365 g/mol. The standard InChI is InChI=1S/C18H20FNO4S/c1-23-17-10-9-13(12-18(17)24-2)25(21,22)20-11-5-8-16(20)14-6-3-4-7-15(14)19/h3-4,6-7,9-10,12,16H,5,8,11H2,1-2H3/t16-/m0/s1. The van der Waals surface area contributed by atoms with Crippen molar-refractivity contribution < 1.29 is 22.3 Å². The van der Waals surface area contributed by atoms with Gasteiger partial charge in [0.2, 0.25) is 10.0 Å². The van der Waals surface area contributed by atoms with Crippen LogP contribution in [0, 0.1) is 5.82 Å². The van der Waals surface area contributed by atoms with Crippen LogP contribution < -0.4 is 9.47 Å². The highest BCUT2D eigenvalue weighted by molar-refractivity contribution is 7.89. The van der Waals surface area contributed by atoms with Gasteiger partial charge in [-0.05, 0) is 31.0 Å². The molecule has 25 heavy (non-hydrogen) atoms. The third-order valence-electron chi connectivity index (χ3n) is 4.43. The van der Waals surface area contributed by atoms with E-state index in [2.05, 4.69) is 0 Å². The van der Waals surface area contributed by atoms with Gasteiger partial charge in [0.05, 0.1) is 25.2 Å². The first kappa shape index (κ1) is 17.7. The van der Waals surface area contributed by atoms with Crippen LogP contribution in [0.5, 0.6) is 11.5 Å². The van der Waals surface area contributed by atoms with Gasteiger partial charge >= 0.3 is 0 Å². The molecule has 0 spiro atoms.